The van der Waals surface area contributed by atoms with E-state index in [1.54, 1.807) is 35.4 Å². The molecule has 120 valence electrons. The number of hydrogen-bond acceptors (Lipinski definition) is 3. The van der Waals surface area contributed by atoms with E-state index in [-0.39, 0.29) is 23.3 Å². The molecule has 1 atom stereocenters. The highest BCUT2D eigenvalue weighted by Crippen LogP contribution is 2.39. The number of carbonyl (C=O) groups excluding carboxylic acids is 1. The highest BCUT2D eigenvalue weighted by atomic mass is 35.5. The van der Waals surface area contributed by atoms with Crippen LogP contribution in [0, 0.1) is 5.82 Å². The van der Waals surface area contributed by atoms with E-state index in [0.717, 1.165) is 5.69 Å². The number of benzene rings is 1. The van der Waals surface area contributed by atoms with E-state index >= 15 is 0 Å². The van der Waals surface area contributed by atoms with Crippen LogP contribution in [0.25, 0.3) is 5.69 Å². The number of anilines is 1. The van der Waals surface area contributed by atoms with Crippen LogP contribution in [0.5, 0.6) is 0 Å². The zero-order chi connectivity index (χ0) is 16.7. The average molecular weight is 343 g/mol. The Balaban J connectivity index is 1.84. The molecule has 5 nitrogen and oxygen atoms in total. The van der Waals surface area contributed by atoms with Crippen molar-refractivity contribution in [3.63, 3.8) is 0 Å². The molecule has 2 aromatic heterocycles. The molecule has 0 saturated carbocycles. The summed E-state index contributed by atoms with van der Waals surface area (Å²) < 4.78 is 15.1. The number of amides is 1. The first-order chi connectivity index (χ1) is 11.6. The van der Waals surface area contributed by atoms with Crippen molar-refractivity contribution in [3.05, 3.63) is 71.2 Å². The summed E-state index contributed by atoms with van der Waals surface area (Å²) in [6.07, 6.45) is 5.20. The Kier molecular flexibility index (Phi) is 3.54. The summed E-state index contributed by atoms with van der Waals surface area (Å²) in [6.45, 7) is 0. The molecule has 1 aliphatic rings. The molecule has 3 heterocycles. The molecule has 1 aromatic carbocycles. The maximum absolute atomic E-state index is 13.3. The van der Waals surface area contributed by atoms with Crippen molar-refractivity contribution in [2.75, 3.05) is 5.32 Å². The van der Waals surface area contributed by atoms with Gasteiger partial charge in [0, 0.05) is 23.6 Å². The molecule has 0 saturated heterocycles. The number of fused-ring (bicyclic) bond motifs is 1. The number of pyridine rings is 1. The van der Waals surface area contributed by atoms with Gasteiger partial charge in [-0.25, -0.2) is 9.37 Å². The molecule has 3 aromatic rings. The molecule has 1 amide bonds. The molecule has 0 unspecified atom stereocenters. The summed E-state index contributed by atoms with van der Waals surface area (Å²) in [5, 5.41) is 3.14. The third-order valence-corrected chi connectivity index (χ3v) is 4.36. The predicted octanol–water partition coefficient (Wildman–Crippen LogP) is 3.53. The van der Waals surface area contributed by atoms with Crippen molar-refractivity contribution >= 4 is 23.3 Å². The molecule has 1 aliphatic heterocycles. The molecule has 4 rings (SSSR count). The summed E-state index contributed by atoms with van der Waals surface area (Å²) in [4.78, 5) is 20.7. The maximum Gasteiger partial charge on any atom is 0.226 e. The molecule has 0 bridgehead atoms. The Bertz CT molecular complexity index is 926. The van der Waals surface area contributed by atoms with Crippen molar-refractivity contribution < 1.29 is 9.18 Å². The fourth-order valence-corrected chi connectivity index (χ4v) is 3.24. The van der Waals surface area contributed by atoms with E-state index in [1.807, 2.05) is 6.07 Å². The number of nitrogens with zero attached hydrogens (tertiary/aromatic N) is 3. The Labute approximate surface area is 142 Å². The standard InChI is InChI=1S/C17H12ClFN4O/c18-14-6-10(19)3-4-12(14)13-7-15(24)22-17-16(13)21-9-23(17)11-2-1-5-20-8-11/h1-6,8-9,13H,7H2,(H,22,24)/t13-/m0/s1. The van der Waals surface area contributed by atoms with Gasteiger partial charge in [-0.2, -0.15) is 0 Å². The zero-order valence-electron chi connectivity index (χ0n) is 12.4. The van der Waals surface area contributed by atoms with Crippen LogP contribution in [-0.2, 0) is 4.79 Å². The Morgan fingerprint density at radius 1 is 1.33 bits per heavy atom. The highest BCUT2D eigenvalue weighted by molar-refractivity contribution is 6.31. The Morgan fingerprint density at radius 2 is 2.21 bits per heavy atom. The minimum absolute atomic E-state index is 0.140. The van der Waals surface area contributed by atoms with Crippen LogP contribution < -0.4 is 5.32 Å². The number of rotatable bonds is 2. The van der Waals surface area contributed by atoms with Gasteiger partial charge in [-0.3, -0.25) is 14.3 Å². The van der Waals surface area contributed by atoms with Crippen molar-refractivity contribution in [1.29, 1.82) is 0 Å². The summed E-state index contributed by atoms with van der Waals surface area (Å²) in [5.41, 5.74) is 2.18. The molecular formula is C17H12ClFN4O. The van der Waals surface area contributed by atoms with E-state index < -0.39 is 5.82 Å². The smallest absolute Gasteiger partial charge is 0.226 e. The van der Waals surface area contributed by atoms with Gasteiger partial charge in [0.15, 0.2) is 0 Å². The quantitative estimate of drug-likeness (QED) is 0.775. The molecule has 0 spiro atoms. The molecule has 1 N–H and O–H groups in total. The number of hydrogen-bond donors (Lipinski definition) is 1. The second-order valence-electron chi connectivity index (χ2n) is 5.53. The summed E-state index contributed by atoms with van der Waals surface area (Å²) >= 11 is 6.18. The van der Waals surface area contributed by atoms with E-state index in [9.17, 15) is 9.18 Å². The predicted molar refractivity (Wildman–Crippen MR) is 87.9 cm³/mol. The second kappa shape index (κ2) is 5.72. The van der Waals surface area contributed by atoms with E-state index in [4.69, 9.17) is 11.6 Å². The lowest BCUT2D eigenvalue weighted by molar-refractivity contribution is -0.116. The first kappa shape index (κ1) is 14.8. The van der Waals surface area contributed by atoms with Crippen molar-refractivity contribution in [1.82, 2.24) is 14.5 Å². The summed E-state index contributed by atoms with van der Waals surface area (Å²) in [6, 6.07) is 7.87. The summed E-state index contributed by atoms with van der Waals surface area (Å²) in [5.74, 6) is -0.284. The lowest BCUT2D eigenvalue weighted by Gasteiger charge is -2.24. The molecule has 7 heteroatoms. The van der Waals surface area contributed by atoms with Gasteiger partial charge in [0.1, 0.15) is 18.0 Å². The number of halogens is 2. The third-order valence-electron chi connectivity index (χ3n) is 4.04. The van der Waals surface area contributed by atoms with E-state index in [1.165, 1.54) is 12.1 Å². The molecule has 0 aliphatic carbocycles. The van der Waals surface area contributed by atoms with E-state index in [0.29, 0.717) is 17.1 Å². The van der Waals surface area contributed by atoms with Crippen LogP contribution in [0.1, 0.15) is 23.6 Å². The van der Waals surface area contributed by atoms with Crippen LogP contribution in [-0.4, -0.2) is 20.4 Å². The lowest BCUT2D eigenvalue weighted by Crippen LogP contribution is -2.25. The van der Waals surface area contributed by atoms with Gasteiger partial charge in [0.05, 0.1) is 17.6 Å². The molecule has 0 radical (unpaired) electrons. The molecule has 0 fully saturated rings. The minimum Gasteiger partial charge on any atom is -0.310 e. The zero-order valence-corrected chi connectivity index (χ0v) is 13.2. The fourth-order valence-electron chi connectivity index (χ4n) is 2.94. The third kappa shape index (κ3) is 2.45. The summed E-state index contributed by atoms with van der Waals surface area (Å²) in [7, 11) is 0. The van der Waals surface area contributed by atoms with Crippen LogP contribution >= 0.6 is 11.6 Å². The lowest BCUT2D eigenvalue weighted by atomic mass is 9.89. The molecular weight excluding hydrogens is 331 g/mol. The number of nitrogens with one attached hydrogen (secondary N) is 1. The van der Waals surface area contributed by atoms with Gasteiger partial charge in [-0.15, -0.1) is 0 Å². The van der Waals surface area contributed by atoms with Gasteiger partial charge in [0.2, 0.25) is 5.91 Å². The van der Waals surface area contributed by atoms with Gasteiger partial charge in [-0.1, -0.05) is 17.7 Å². The van der Waals surface area contributed by atoms with Gasteiger partial charge >= 0.3 is 0 Å². The first-order valence-electron chi connectivity index (χ1n) is 7.36. The van der Waals surface area contributed by atoms with Crippen LogP contribution in [0.15, 0.2) is 49.1 Å². The average Bonchev–Trinajstić information content (AvgIpc) is 2.99. The number of imidazole rings is 1. The van der Waals surface area contributed by atoms with E-state index in [2.05, 4.69) is 15.3 Å². The number of carbonyl (C=O) groups is 1. The van der Waals surface area contributed by atoms with Crippen LogP contribution in [0.3, 0.4) is 0 Å². The van der Waals surface area contributed by atoms with Crippen LogP contribution in [0.2, 0.25) is 5.02 Å². The largest absolute Gasteiger partial charge is 0.310 e. The van der Waals surface area contributed by atoms with Crippen molar-refractivity contribution in [2.45, 2.75) is 12.3 Å². The fraction of sp³-hybridized carbons (Fsp3) is 0.118. The highest BCUT2D eigenvalue weighted by Gasteiger charge is 2.32. The first-order valence-corrected chi connectivity index (χ1v) is 7.73. The van der Waals surface area contributed by atoms with Gasteiger partial charge in [0.25, 0.3) is 0 Å². The monoisotopic (exact) mass is 342 g/mol. The second-order valence-corrected chi connectivity index (χ2v) is 5.94. The van der Waals surface area contributed by atoms with Crippen LogP contribution in [0.4, 0.5) is 10.2 Å². The Hall–Kier alpha value is -2.73. The minimum atomic E-state index is -0.412. The van der Waals surface area contributed by atoms with Crippen molar-refractivity contribution in [3.8, 4) is 5.69 Å². The maximum atomic E-state index is 13.3. The van der Waals surface area contributed by atoms with Crippen molar-refractivity contribution in [2.24, 2.45) is 0 Å². The Morgan fingerprint density at radius 3 is 2.96 bits per heavy atom. The normalized spacial score (nSPS) is 16.6. The van der Waals surface area contributed by atoms with Gasteiger partial charge in [-0.05, 0) is 29.8 Å². The topological polar surface area (TPSA) is 59.8 Å². The number of aromatic nitrogens is 3. The SMILES string of the molecule is O=C1C[C@@H](c2ccc(F)cc2Cl)c2ncn(-c3cccnc3)c2N1. The van der Waals surface area contributed by atoms with Gasteiger partial charge < -0.3 is 5.32 Å². The molecule has 24 heavy (non-hydrogen) atoms.